The molecule has 1 aliphatic rings. The molecule has 1 unspecified atom stereocenters. The average molecular weight is 448 g/mol. The van der Waals surface area contributed by atoms with Gasteiger partial charge in [-0.05, 0) is 36.8 Å². The van der Waals surface area contributed by atoms with E-state index in [9.17, 15) is 13.2 Å². The van der Waals surface area contributed by atoms with Gasteiger partial charge < -0.3 is 19.4 Å². The zero-order valence-corrected chi connectivity index (χ0v) is 17.4. The second kappa shape index (κ2) is 9.43. The Hall–Kier alpha value is -3.34. The van der Waals surface area contributed by atoms with Gasteiger partial charge in [0, 0.05) is 13.1 Å². The fourth-order valence-electron chi connectivity index (χ4n) is 3.42. The number of ether oxygens (including phenoxy) is 1. The molecular weight excluding hydrogens is 425 g/mol. The lowest BCUT2D eigenvalue weighted by atomic mass is 10.0. The second-order valence-corrected chi connectivity index (χ2v) is 7.18. The van der Waals surface area contributed by atoms with Crippen LogP contribution in [0.5, 0.6) is 0 Å². The maximum Gasteiger partial charge on any atom is 0.416 e. The van der Waals surface area contributed by atoms with E-state index in [0.717, 1.165) is 12.1 Å². The van der Waals surface area contributed by atoms with Gasteiger partial charge in [-0.15, -0.1) is 5.10 Å². The molecule has 2 N–H and O–H groups in total. The van der Waals surface area contributed by atoms with Gasteiger partial charge in [0.05, 0.1) is 25.0 Å². The number of aliphatic imine (C=N–C) groups is 1. The van der Waals surface area contributed by atoms with E-state index >= 15 is 0 Å². The first kappa shape index (κ1) is 21.9. The number of alkyl halides is 3. The zero-order chi connectivity index (χ0) is 22.6. The van der Waals surface area contributed by atoms with Crippen molar-refractivity contribution in [3.05, 3.63) is 59.6 Å². The molecule has 170 valence electrons. The van der Waals surface area contributed by atoms with Crippen LogP contribution < -0.4 is 5.32 Å². The van der Waals surface area contributed by atoms with Crippen molar-refractivity contribution in [2.24, 2.45) is 4.99 Å². The summed E-state index contributed by atoms with van der Waals surface area (Å²) in [6, 6.07) is 8.78. The van der Waals surface area contributed by atoms with E-state index in [1.807, 2.05) is 11.8 Å². The zero-order valence-electron chi connectivity index (χ0n) is 17.4. The Morgan fingerprint density at radius 1 is 1.31 bits per heavy atom. The van der Waals surface area contributed by atoms with Crippen LogP contribution in [0.2, 0.25) is 0 Å². The summed E-state index contributed by atoms with van der Waals surface area (Å²) < 4.78 is 50.3. The van der Waals surface area contributed by atoms with Gasteiger partial charge in [0.15, 0.2) is 11.7 Å². The van der Waals surface area contributed by atoms with Gasteiger partial charge in [0.1, 0.15) is 18.5 Å². The highest BCUT2D eigenvalue weighted by Crippen LogP contribution is 2.32. The minimum Gasteiger partial charge on any atom is -0.461 e. The molecule has 32 heavy (non-hydrogen) atoms. The molecular formula is C21H23F3N6O2. The summed E-state index contributed by atoms with van der Waals surface area (Å²) in [4.78, 5) is 11.0. The molecule has 0 radical (unpaired) electrons. The van der Waals surface area contributed by atoms with Crippen molar-refractivity contribution in [1.29, 1.82) is 0 Å². The summed E-state index contributed by atoms with van der Waals surface area (Å²) in [6.07, 6.45) is -3.34. The second-order valence-electron chi connectivity index (χ2n) is 7.18. The van der Waals surface area contributed by atoms with E-state index in [1.54, 1.807) is 24.5 Å². The molecule has 0 aliphatic carbocycles. The Morgan fingerprint density at radius 3 is 2.94 bits per heavy atom. The molecule has 1 aromatic carbocycles. The van der Waals surface area contributed by atoms with E-state index in [1.165, 1.54) is 6.07 Å². The predicted octanol–water partition coefficient (Wildman–Crippen LogP) is 3.62. The van der Waals surface area contributed by atoms with Crippen molar-refractivity contribution in [2.75, 3.05) is 26.2 Å². The standard InChI is InChI=1S/C21H23F3N6O2/c1-2-25-20(26-12-18-27-19(29-28-18)16-7-4-9-31-16)30-8-10-32-17(13-30)14-5-3-6-15(11-14)21(22,23)24/h3-7,9,11,17H,2,8,10,12-13H2,1H3,(H,25,26)(H,27,28,29). The number of hydrogen-bond acceptors (Lipinski definition) is 5. The highest BCUT2D eigenvalue weighted by molar-refractivity contribution is 5.80. The van der Waals surface area contributed by atoms with Crippen molar-refractivity contribution in [3.63, 3.8) is 0 Å². The molecule has 1 saturated heterocycles. The molecule has 1 fully saturated rings. The number of nitrogens with zero attached hydrogens (tertiary/aromatic N) is 4. The fraction of sp³-hybridized carbons (Fsp3) is 0.381. The van der Waals surface area contributed by atoms with Crippen LogP contribution in [0.4, 0.5) is 13.2 Å². The average Bonchev–Trinajstić information content (AvgIpc) is 3.48. The van der Waals surface area contributed by atoms with Crippen LogP contribution in [0.25, 0.3) is 11.6 Å². The van der Waals surface area contributed by atoms with Crippen molar-refractivity contribution >= 4 is 5.96 Å². The molecule has 0 saturated carbocycles. The summed E-state index contributed by atoms with van der Waals surface area (Å²) in [5.41, 5.74) is -0.201. The summed E-state index contributed by atoms with van der Waals surface area (Å²) >= 11 is 0. The van der Waals surface area contributed by atoms with E-state index in [4.69, 9.17) is 9.15 Å². The Labute approximate surface area is 182 Å². The van der Waals surface area contributed by atoms with Crippen LogP contribution >= 0.6 is 0 Å². The third kappa shape index (κ3) is 5.10. The molecule has 2 aromatic heterocycles. The third-order valence-corrected chi connectivity index (χ3v) is 4.94. The van der Waals surface area contributed by atoms with Gasteiger partial charge >= 0.3 is 6.18 Å². The number of H-pyrrole nitrogens is 1. The number of nitrogens with one attached hydrogen (secondary N) is 2. The molecule has 8 nitrogen and oxygen atoms in total. The first-order valence-electron chi connectivity index (χ1n) is 10.2. The van der Waals surface area contributed by atoms with Crippen LogP contribution in [0.3, 0.4) is 0 Å². The lowest BCUT2D eigenvalue weighted by molar-refractivity contribution is -0.137. The van der Waals surface area contributed by atoms with Gasteiger partial charge in [-0.1, -0.05) is 12.1 Å². The Balaban J connectivity index is 1.47. The SMILES string of the molecule is CCNC(=NCc1nc(-c2ccco2)n[nH]1)N1CCOC(c2cccc(C(F)(F)F)c2)C1. The van der Waals surface area contributed by atoms with Crippen LogP contribution in [-0.2, 0) is 17.5 Å². The maximum atomic E-state index is 13.1. The highest BCUT2D eigenvalue weighted by atomic mass is 19.4. The molecule has 4 rings (SSSR count). The summed E-state index contributed by atoms with van der Waals surface area (Å²) in [5, 5.41) is 10.2. The summed E-state index contributed by atoms with van der Waals surface area (Å²) in [7, 11) is 0. The quantitative estimate of drug-likeness (QED) is 0.458. The lowest BCUT2D eigenvalue weighted by Gasteiger charge is -2.35. The maximum absolute atomic E-state index is 13.1. The summed E-state index contributed by atoms with van der Waals surface area (Å²) in [6.45, 7) is 4.15. The van der Waals surface area contributed by atoms with Gasteiger partial charge in [-0.25, -0.2) is 9.98 Å². The summed E-state index contributed by atoms with van der Waals surface area (Å²) in [5.74, 6) is 2.19. The number of hydrogen-bond donors (Lipinski definition) is 2. The number of benzene rings is 1. The number of halogens is 3. The normalized spacial score (nSPS) is 17.6. The molecule has 3 aromatic rings. The molecule has 1 aliphatic heterocycles. The number of rotatable bonds is 5. The molecule has 0 bridgehead atoms. The number of morpholine rings is 1. The van der Waals surface area contributed by atoms with E-state index in [-0.39, 0.29) is 6.54 Å². The minimum atomic E-state index is -4.40. The molecule has 11 heteroatoms. The number of aromatic nitrogens is 3. The first-order valence-corrected chi connectivity index (χ1v) is 10.2. The Kier molecular flexibility index (Phi) is 6.45. The van der Waals surface area contributed by atoms with Gasteiger partial charge in [-0.2, -0.15) is 13.2 Å². The number of aromatic amines is 1. The first-order chi connectivity index (χ1) is 15.4. The van der Waals surface area contributed by atoms with Crippen molar-refractivity contribution < 1.29 is 22.3 Å². The predicted molar refractivity (Wildman–Crippen MR) is 111 cm³/mol. The van der Waals surface area contributed by atoms with Crippen molar-refractivity contribution in [2.45, 2.75) is 25.7 Å². The monoisotopic (exact) mass is 448 g/mol. The smallest absolute Gasteiger partial charge is 0.416 e. The number of furan rings is 1. The molecule has 1 atom stereocenters. The van der Waals surface area contributed by atoms with Crippen LogP contribution in [0, 0.1) is 0 Å². The van der Waals surface area contributed by atoms with Crippen LogP contribution in [0.1, 0.15) is 30.0 Å². The van der Waals surface area contributed by atoms with Gasteiger partial charge in [-0.3, -0.25) is 5.10 Å². The van der Waals surface area contributed by atoms with E-state index in [2.05, 4.69) is 25.5 Å². The third-order valence-electron chi connectivity index (χ3n) is 4.94. The topological polar surface area (TPSA) is 91.6 Å². The van der Waals surface area contributed by atoms with E-state index < -0.39 is 17.8 Å². The number of guanidine groups is 1. The minimum absolute atomic E-state index is 0.252. The molecule has 0 amide bonds. The van der Waals surface area contributed by atoms with Crippen molar-refractivity contribution in [1.82, 2.24) is 25.4 Å². The highest BCUT2D eigenvalue weighted by Gasteiger charge is 2.32. The van der Waals surface area contributed by atoms with Crippen molar-refractivity contribution in [3.8, 4) is 11.6 Å². The van der Waals surface area contributed by atoms with Gasteiger partial charge in [0.2, 0.25) is 5.82 Å². The van der Waals surface area contributed by atoms with Crippen LogP contribution in [0.15, 0.2) is 52.1 Å². The Bertz CT molecular complexity index is 1050. The van der Waals surface area contributed by atoms with E-state index in [0.29, 0.717) is 55.2 Å². The Morgan fingerprint density at radius 2 is 2.19 bits per heavy atom. The van der Waals surface area contributed by atoms with Gasteiger partial charge in [0.25, 0.3) is 0 Å². The molecule has 3 heterocycles. The molecule has 0 spiro atoms. The fourth-order valence-corrected chi connectivity index (χ4v) is 3.42. The lowest BCUT2D eigenvalue weighted by Crippen LogP contribution is -2.48. The largest absolute Gasteiger partial charge is 0.461 e. The van der Waals surface area contributed by atoms with Crippen LogP contribution in [-0.4, -0.2) is 52.3 Å².